The van der Waals surface area contributed by atoms with Gasteiger partial charge >= 0.3 is 0 Å². The van der Waals surface area contributed by atoms with Crippen LogP contribution in [0.5, 0.6) is 0 Å². The van der Waals surface area contributed by atoms with Crippen LogP contribution >= 0.6 is 11.6 Å². The molecule has 2 atom stereocenters. The highest BCUT2D eigenvalue weighted by molar-refractivity contribution is 6.20. The largest absolute Gasteiger partial charge is 0.298 e. The Hall–Kier alpha value is -1.95. The number of halogens is 1. The highest BCUT2D eigenvalue weighted by Crippen LogP contribution is 2.32. The molecule has 1 fully saturated rings. The summed E-state index contributed by atoms with van der Waals surface area (Å²) in [5, 5.41) is -0.377. The maximum Gasteiger partial charge on any atom is 0.252 e. The summed E-state index contributed by atoms with van der Waals surface area (Å²) in [6, 6.07) is 2.98. The zero-order chi connectivity index (χ0) is 14.4. The molecule has 0 N–H and O–H groups in total. The van der Waals surface area contributed by atoms with E-state index in [4.69, 9.17) is 11.6 Å². The fraction of sp³-hybridized carbons (Fsp3) is 0.385. The molecule has 3 heterocycles. The number of amides is 2. The molecule has 0 spiro atoms. The Morgan fingerprint density at radius 2 is 2.20 bits per heavy atom. The monoisotopic (exact) mass is 292 g/mol. The van der Waals surface area contributed by atoms with Crippen LogP contribution in [0.2, 0.25) is 0 Å². The number of fused-ring (bicyclic) bond motifs is 1. The van der Waals surface area contributed by atoms with Crippen LogP contribution in [0.4, 0.5) is 0 Å². The van der Waals surface area contributed by atoms with E-state index < -0.39 is 6.04 Å². The van der Waals surface area contributed by atoms with Gasteiger partial charge in [0.15, 0.2) is 5.65 Å². The van der Waals surface area contributed by atoms with Crippen LogP contribution in [0, 0.1) is 0 Å². The average Bonchev–Trinajstić information content (AvgIpc) is 2.92. The molecule has 0 aromatic carbocycles. The molecule has 6 nitrogen and oxygen atoms in total. The molecule has 1 aliphatic heterocycles. The van der Waals surface area contributed by atoms with Crippen molar-refractivity contribution in [2.75, 3.05) is 7.05 Å². The Bertz CT molecular complexity index is 709. The number of likely N-dealkylation sites (N-methyl/N-ethyl adjacent to an activating group) is 1. The Balaban J connectivity index is 2.22. The van der Waals surface area contributed by atoms with Crippen molar-refractivity contribution in [3.05, 3.63) is 24.2 Å². The molecular weight excluding hydrogens is 280 g/mol. The predicted octanol–water partition coefficient (Wildman–Crippen LogP) is 1.66. The number of rotatable bonds is 2. The van der Waals surface area contributed by atoms with Crippen LogP contribution < -0.4 is 0 Å². The molecule has 20 heavy (non-hydrogen) atoms. The van der Waals surface area contributed by atoms with Crippen molar-refractivity contribution >= 4 is 34.6 Å². The maximum absolute atomic E-state index is 12.2. The van der Waals surface area contributed by atoms with Gasteiger partial charge in [0.25, 0.3) is 5.91 Å². The minimum Gasteiger partial charge on any atom is -0.298 e. The summed E-state index contributed by atoms with van der Waals surface area (Å²) in [6.45, 7) is 1.78. The standard InChI is InChI=1S/C13H13ClN4O2/c1-7(14)11-16-8-4-3-5-15-12(8)18(11)9-6-10(19)17(2)13(9)20/h3-5,7,9H,6H2,1-2H3. The quantitative estimate of drug-likeness (QED) is 0.623. The lowest BCUT2D eigenvalue weighted by Gasteiger charge is -2.15. The second-order valence-electron chi connectivity index (χ2n) is 4.81. The third-order valence-corrected chi connectivity index (χ3v) is 3.70. The number of carbonyl (C=O) groups is 2. The smallest absolute Gasteiger partial charge is 0.252 e. The van der Waals surface area contributed by atoms with Crippen LogP contribution in [0.1, 0.15) is 30.6 Å². The molecular formula is C13H13ClN4O2. The van der Waals surface area contributed by atoms with E-state index in [-0.39, 0.29) is 23.6 Å². The zero-order valence-electron chi connectivity index (χ0n) is 11.1. The Kier molecular flexibility index (Phi) is 2.97. The summed E-state index contributed by atoms with van der Waals surface area (Å²) in [6.07, 6.45) is 1.75. The fourth-order valence-electron chi connectivity index (χ4n) is 2.47. The van der Waals surface area contributed by atoms with Crippen molar-refractivity contribution < 1.29 is 9.59 Å². The van der Waals surface area contributed by atoms with Crippen molar-refractivity contribution in [1.82, 2.24) is 19.4 Å². The summed E-state index contributed by atoms with van der Waals surface area (Å²) in [5.74, 6) is 0.103. The normalized spacial score (nSPS) is 20.9. The summed E-state index contributed by atoms with van der Waals surface area (Å²) in [5.41, 5.74) is 1.25. The molecule has 7 heteroatoms. The molecule has 1 aliphatic rings. The van der Waals surface area contributed by atoms with Gasteiger partial charge in [-0.3, -0.25) is 19.1 Å². The van der Waals surface area contributed by atoms with E-state index in [2.05, 4.69) is 9.97 Å². The van der Waals surface area contributed by atoms with Crippen molar-refractivity contribution in [3.63, 3.8) is 0 Å². The van der Waals surface area contributed by atoms with E-state index in [0.29, 0.717) is 17.0 Å². The fourth-order valence-corrected chi connectivity index (χ4v) is 2.63. The third kappa shape index (κ3) is 1.79. The molecule has 2 amide bonds. The predicted molar refractivity (Wildman–Crippen MR) is 73.2 cm³/mol. The zero-order valence-corrected chi connectivity index (χ0v) is 11.8. The molecule has 0 radical (unpaired) electrons. The van der Waals surface area contributed by atoms with E-state index >= 15 is 0 Å². The second kappa shape index (κ2) is 4.56. The number of pyridine rings is 1. The van der Waals surface area contributed by atoms with Crippen LogP contribution in [-0.4, -0.2) is 38.3 Å². The van der Waals surface area contributed by atoms with Gasteiger partial charge < -0.3 is 0 Å². The lowest BCUT2D eigenvalue weighted by molar-refractivity contribution is -0.137. The van der Waals surface area contributed by atoms with E-state index in [0.717, 1.165) is 4.90 Å². The molecule has 0 saturated carbocycles. The lowest BCUT2D eigenvalue weighted by atomic mass is 10.2. The highest BCUT2D eigenvalue weighted by atomic mass is 35.5. The van der Waals surface area contributed by atoms with E-state index in [1.807, 2.05) is 6.07 Å². The van der Waals surface area contributed by atoms with Crippen molar-refractivity contribution in [2.24, 2.45) is 0 Å². The first kappa shape index (κ1) is 13.1. The minimum atomic E-state index is -0.608. The van der Waals surface area contributed by atoms with Gasteiger partial charge in [0.1, 0.15) is 17.4 Å². The number of likely N-dealkylation sites (tertiary alicyclic amines) is 1. The highest BCUT2D eigenvalue weighted by Gasteiger charge is 2.39. The summed E-state index contributed by atoms with van der Waals surface area (Å²) in [7, 11) is 1.49. The number of nitrogens with zero attached hydrogens (tertiary/aromatic N) is 4. The minimum absolute atomic E-state index is 0.119. The topological polar surface area (TPSA) is 68.1 Å². The van der Waals surface area contributed by atoms with Crippen molar-refractivity contribution in [3.8, 4) is 0 Å². The first-order chi connectivity index (χ1) is 9.50. The number of carbonyl (C=O) groups excluding carboxylic acids is 2. The van der Waals surface area contributed by atoms with Gasteiger partial charge in [-0.25, -0.2) is 9.97 Å². The summed E-state index contributed by atoms with van der Waals surface area (Å²) < 4.78 is 1.69. The van der Waals surface area contributed by atoms with Gasteiger partial charge in [0.05, 0.1) is 11.8 Å². The van der Waals surface area contributed by atoms with E-state index in [1.165, 1.54) is 7.05 Å². The number of hydrogen-bond donors (Lipinski definition) is 0. The van der Waals surface area contributed by atoms with Gasteiger partial charge in [-0.1, -0.05) is 0 Å². The SMILES string of the molecule is CC(Cl)c1nc2cccnc2n1C1CC(=O)N(C)C1=O. The summed E-state index contributed by atoms with van der Waals surface area (Å²) in [4.78, 5) is 33.8. The van der Waals surface area contributed by atoms with Gasteiger partial charge in [0, 0.05) is 13.2 Å². The van der Waals surface area contributed by atoms with Gasteiger partial charge in [-0.05, 0) is 19.1 Å². The number of imidazole rings is 1. The molecule has 0 bridgehead atoms. The van der Waals surface area contributed by atoms with E-state index in [9.17, 15) is 9.59 Å². The van der Waals surface area contributed by atoms with Gasteiger partial charge in [-0.15, -0.1) is 11.6 Å². The Morgan fingerprint density at radius 1 is 1.45 bits per heavy atom. The van der Waals surface area contributed by atoms with Gasteiger partial charge in [-0.2, -0.15) is 0 Å². The molecule has 2 unspecified atom stereocenters. The third-order valence-electron chi connectivity index (χ3n) is 3.50. The number of imide groups is 1. The van der Waals surface area contributed by atoms with Crippen LogP contribution in [0.15, 0.2) is 18.3 Å². The molecule has 0 aliphatic carbocycles. The maximum atomic E-state index is 12.2. The van der Waals surface area contributed by atoms with E-state index in [1.54, 1.807) is 23.8 Å². The number of aromatic nitrogens is 3. The van der Waals surface area contributed by atoms with Crippen molar-refractivity contribution in [2.45, 2.75) is 24.8 Å². The first-order valence-corrected chi connectivity index (χ1v) is 6.71. The lowest BCUT2D eigenvalue weighted by Crippen LogP contribution is -2.27. The summed E-state index contributed by atoms with van der Waals surface area (Å²) >= 11 is 6.16. The Labute approximate surface area is 120 Å². The number of alkyl halides is 1. The van der Waals surface area contributed by atoms with Crippen LogP contribution in [0.3, 0.4) is 0 Å². The van der Waals surface area contributed by atoms with Crippen LogP contribution in [0.25, 0.3) is 11.2 Å². The Morgan fingerprint density at radius 3 is 2.80 bits per heavy atom. The molecule has 104 valence electrons. The molecule has 2 aromatic heterocycles. The second-order valence-corrected chi connectivity index (χ2v) is 5.47. The van der Waals surface area contributed by atoms with Crippen molar-refractivity contribution in [1.29, 1.82) is 0 Å². The van der Waals surface area contributed by atoms with Crippen LogP contribution in [-0.2, 0) is 9.59 Å². The number of hydrogen-bond acceptors (Lipinski definition) is 4. The molecule has 3 rings (SSSR count). The average molecular weight is 293 g/mol. The molecule has 1 saturated heterocycles. The first-order valence-electron chi connectivity index (χ1n) is 6.28. The van der Waals surface area contributed by atoms with Gasteiger partial charge in [0.2, 0.25) is 5.91 Å². The molecule has 2 aromatic rings.